The third kappa shape index (κ3) is 2.65. The van der Waals surface area contributed by atoms with Crippen LogP contribution in [-0.4, -0.2) is 24.6 Å². The Balaban J connectivity index is 1.83. The van der Waals surface area contributed by atoms with Crippen molar-refractivity contribution < 1.29 is 4.74 Å². The van der Waals surface area contributed by atoms with E-state index in [1.54, 1.807) is 18.2 Å². The second kappa shape index (κ2) is 6.24. The van der Waals surface area contributed by atoms with E-state index in [0.29, 0.717) is 6.04 Å². The predicted molar refractivity (Wildman–Crippen MR) is 114 cm³/mol. The molecule has 0 radical (unpaired) electrons. The van der Waals surface area contributed by atoms with Crippen LogP contribution in [0.15, 0.2) is 30.3 Å². The first-order chi connectivity index (χ1) is 13.0. The molecule has 0 aliphatic carbocycles. The minimum absolute atomic E-state index is 0.694. The zero-order chi connectivity index (χ0) is 18.7. The zero-order valence-electron chi connectivity index (χ0n) is 16.9. The van der Waals surface area contributed by atoms with Crippen molar-refractivity contribution in [3.63, 3.8) is 0 Å². The normalized spacial score (nSPS) is 22.7. The van der Waals surface area contributed by atoms with E-state index in [1.807, 2.05) is 0 Å². The number of rotatable bonds is 1. The maximum absolute atomic E-state index is 5.69. The Morgan fingerprint density at radius 3 is 2.59 bits per heavy atom. The van der Waals surface area contributed by atoms with Crippen molar-refractivity contribution in [2.24, 2.45) is 5.92 Å². The average molecular weight is 360 g/mol. The fourth-order valence-electron chi connectivity index (χ4n) is 5.42. The van der Waals surface area contributed by atoms with Gasteiger partial charge in [0.1, 0.15) is 5.75 Å². The minimum atomic E-state index is 0.694. The second-order valence-corrected chi connectivity index (χ2v) is 8.83. The van der Waals surface area contributed by atoms with Crippen molar-refractivity contribution in [1.82, 2.24) is 4.90 Å². The fraction of sp³-hybridized carbons (Fsp3) is 0.440. The number of fused-ring (bicyclic) bond motifs is 7. The molecule has 2 aliphatic heterocycles. The van der Waals surface area contributed by atoms with E-state index in [4.69, 9.17) is 4.74 Å². The number of hydrogen-bond donors (Lipinski definition) is 0. The second-order valence-electron chi connectivity index (χ2n) is 8.83. The average Bonchev–Trinajstić information content (AvgIpc) is 2.66. The van der Waals surface area contributed by atoms with Crippen LogP contribution in [0.4, 0.5) is 0 Å². The Bertz CT molecular complexity index is 1050. The molecule has 1 saturated heterocycles. The first-order valence-corrected chi connectivity index (χ1v) is 10.3. The molecule has 3 aromatic carbocycles. The number of aryl methyl sites for hydroxylation is 2. The summed E-state index contributed by atoms with van der Waals surface area (Å²) in [5, 5.41) is 5.65. The number of ether oxygens (including phenoxy) is 1. The van der Waals surface area contributed by atoms with Crippen molar-refractivity contribution in [2.45, 2.75) is 52.6 Å². The SMILES string of the molecule is COc1cc2c3c(c4ccc(C)cc4c2cc1C)CN1CC[C@@H](C)C[C@@H]1C3. The smallest absolute Gasteiger partial charge is 0.122 e. The van der Waals surface area contributed by atoms with Gasteiger partial charge in [-0.15, -0.1) is 0 Å². The molecule has 5 rings (SSSR count). The molecule has 2 heteroatoms. The van der Waals surface area contributed by atoms with Gasteiger partial charge in [-0.2, -0.15) is 0 Å². The molecule has 0 saturated carbocycles. The zero-order valence-corrected chi connectivity index (χ0v) is 16.9. The van der Waals surface area contributed by atoms with E-state index in [-0.39, 0.29) is 0 Å². The molecule has 0 amide bonds. The van der Waals surface area contributed by atoms with Crippen LogP contribution >= 0.6 is 0 Å². The topological polar surface area (TPSA) is 12.5 Å². The van der Waals surface area contributed by atoms with Crippen LogP contribution in [0.3, 0.4) is 0 Å². The third-order valence-electron chi connectivity index (χ3n) is 6.92. The Morgan fingerprint density at radius 2 is 1.78 bits per heavy atom. The lowest BCUT2D eigenvalue weighted by molar-refractivity contribution is 0.101. The van der Waals surface area contributed by atoms with Crippen LogP contribution in [0.1, 0.15) is 42.0 Å². The van der Waals surface area contributed by atoms with Crippen LogP contribution in [0, 0.1) is 19.8 Å². The van der Waals surface area contributed by atoms with E-state index in [0.717, 1.165) is 18.2 Å². The molecule has 0 aromatic heterocycles. The van der Waals surface area contributed by atoms with Gasteiger partial charge in [0, 0.05) is 12.6 Å². The van der Waals surface area contributed by atoms with Crippen molar-refractivity contribution in [2.75, 3.05) is 13.7 Å². The minimum Gasteiger partial charge on any atom is -0.496 e. The molecule has 0 bridgehead atoms. The molecule has 27 heavy (non-hydrogen) atoms. The summed E-state index contributed by atoms with van der Waals surface area (Å²) in [5.74, 6) is 1.86. The maximum Gasteiger partial charge on any atom is 0.122 e. The van der Waals surface area contributed by atoms with Crippen LogP contribution in [0.5, 0.6) is 5.75 Å². The summed E-state index contributed by atoms with van der Waals surface area (Å²) in [5.41, 5.74) is 5.67. The van der Waals surface area contributed by atoms with Crippen LogP contribution in [0.2, 0.25) is 0 Å². The van der Waals surface area contributed by atoms with Gasteiger partial charge in [0.05, 0.1) is 7.11 Å². The van der Waals surface area contributed by atoms with Crippen LogP contribution in [-0.2, 0) is 13.0 Å². The fourth-order valence-corrected chi connectivity index (χ4v) is 5.42. The highest BCUT2D eigenvalue weighted by molar-refractivity contribution is 6.11. The van der Waals surface area contributed by atoms with Crippen molar-refractivity contribution in [1.29, 1.82) is 0 Å². The molecule has 3 aromatic rings. The number of piperidine rings is 1. The van der Waals surface area contributed by atoms with Gasteiger partial charge in [-0.05, 0) is 95.9 Å². The Morgan fingerprint density at radius 1 is 0.963 bits per heavy atom. The molecule has 0 spiro atoms. The van der Waals surface area contributed by atoms with Gasteiger partial charge in [-0.1, -0.05) is 30.7 Å². The quantitative estimate of drug-likeness (QED) is 0.511. The molecule has 2 atom stereocenters. The number of hydrogen-bond acceptors (Lipinski definition) is 2. The van der Waals surface area contributed by atoms with Gasteiger partial charge in [-0.3, -0.25) is 4.90 Å². The highest BCUT2D eigenvalue weighted by Gasteiger charge is 2.33. The van der Waals surface area contributed by atoms with E-state index in [9.17, 15) is 0 Å². The lowest BCUT2D eigenvalue weighted by Crippen LogP contribution is -2.45. The van der Waals surface area contributed by atoms with E-state index in [2.05, 4.69) is 56.0 Å². The lowest BCUT2D eigenvalue weighted by Gasteiger charge is -2.43. The third-order valence-corrected chi connectivity index (χ3v) is 6.92. The Hall–Kier alpha value is -2.06. The van der Waals surface area contributed by atoms with Crippen LogP contribution in [0.25, 0.3) is 21.5 Å². The number of nitrogens with zero attached hydrogens (tertiary/aromatic N) is 1. The summed E-state index contributed by atoms with van der Waals surface area (Å²) in [6.07, 6.45) is 3.84. The largest absolute Gasteiger partial charge is 0.496 e. The molecule has 1 fully saturated rings. The summed E-state index contributed by atoms with van der Waals surface area (Å²) in [4.78, 5) is 2.74. The first kappa shape index (κ1) is 17.1. The first-order valence-electron chi connectivity index (χ1n) is 10.3. The van der Waals surface area contributed by atoms with Gasteiger partial charge in [-0.25, -0.2) is 0 Å². The molecule has 0 unspecified atom stereocenters. The van der Waals surface area contributed by atoms with Crippen LogP contribution < -0.4 is 4.74 Å². The molecule has 2 nitrogen and oxygen atoms in total. The summed E-state index contributed by atoms with van der Waals surface area (Å²) >= 11 is 0. The molecule has 140 valence electrons. The summed E-state index contributed by atoms with van der Waals surface area (Å²) in [6, 6.07) is 12.3. The van der Waals surface area contributed by atoms with E-state index in [1.165, 1.54) is 58.5 Å². The van der Waals surface area contributed by atoms with Gasteiger partial charge >= 0.3 is 0 Å². The van der Waals surface area contributed by atoms with Gasteiger partial charge in [0.2, 0.25) is 0 Å². The van der Waals surface area contributed by atoms with E-state index >= 15 is 0 Å². The lowest BCUT2D eigenvalue weighted by atomic mass is 9.80. The van der Waals surface area contributed by atoms with E-state index < -0.39 is 0 Å². The molecular weight excluding hydrogens is 330 g/mol. The molecule has 2 heterocycles. The van der Waals surface area contributed by atoms with Crippen molar-refractivity contribution in [3.05, 3.63) is 52.6 Å². The summed E-state index contributed by atoms with van der Waals surface area (Å²) in [7, 11) is 1.79. The number of methoxy groups -OCH3 is 1. The van der Waals surface area contributed by atoms with Gasteiger partial charge < -0.3 is 4.74 Å². The Kier molecular flexibility index (Phi) is 3.94. The summed E-state index contributed by atoms with van der Waals surface area (Å²) in [6.45, 7) is 9.11. The highest BCUT2D eigenvalue weighted by atomic mass is 16.5. The molecule has 0 N–H and O–H groups in total. The Labute approximate surface area is 162 Å². The van der Waals surface area contributed by atoms with Crippen molar-refractivity contribution >= 4 is 21.5 Å². The van der Waals surface area contributed by atoms with Crippen molar-refractivity contribution in [3.8, 4) is 5.75 Å². The molecular formula is C25H29NO. The predicted octanol–water partition coefficient (Wildman–Crippen LogP) is 5.78. The molecule has 2 aliphatic rings. The summed E-state index contributed by atoms with van der Waals surface area (Å²) < 4.78 is 5.69. The monoisotopic (exact) mass is 359 g/mol. The highest BCUT2D eigenvalue weighted by Crippen LogP contribution is 2.42. The van der Waals surface area contributed by atoms with Gasteiger partial charge in [0.15, 0.2) is 0 Å². The van der Waals surface area contributed by atoms with Gasteiger partial charge in [0.25, 0.3) is 0 Å². The number of benzene rings is 3. The maximum atomic E-state index is 5.69. The standard InChI is InChI=1S/C25H29NO/c1-15-5-6-19-20(10-15)21-11-17(3)25(27-4)13-23(21)22-12-18-9-16(2)7-8-26(18)14-24(19)22/h5-6,10-11,13,16,18H,7-9,12,14H2,1-4H3/t16-,18-/m1/s1.